The third kappa shape index (κ3) is 13.3. The largest absolute Gasteiger partial charge is 0.498 e. The molecule has 5 aliphatic heterocycles. The molecule has 0 saturated carbocycles. The van der Waals surface area contributed by atoms with Gasteiger partial charge in [0.1, 0.15) is 17.1 Å². The van der Waals surface area contributed by atoms with Crippen LogP contribution >= 0.6 is 15.9 Å². The van der Waals surface area contributed by atoms with Crippen molar-refractivity contribution < 1.29 is 37.9 Å². The molecule has 0 unspecified atom stereocenters. The third-order valence-electron chi connectivity index (χ3n) is 16.6. The second-order valence-corrected chi connectivity index (χ2v) is 24.9. The average molecular weight is 1170 g/mol. The maximum absolute atomic E-state index is 13.7. The van der Waals surface area contributed by atoms with E-state index in [-0.39, 0.29) is 23.1 Å². The van der Waals surface area contributed by atoms with E-state index in [1.54, 1.807) is 32.8 Å². The zero-order chi connectivity index (χ0) is 57.9. The first-order valence-corrected chi connectivity index (χ1v) is 28.6. The molecule has 5 saturated heterocycles. The molecule has 4 aromatic carbocycles. The monoisotopic (exact) mass is 1170 g/mol. The minimum atomic E-state index is -0.562. The predicted molar refractivity (Wildman–Crippen MR) is 319 cm³/mol. The average Bonchev–Trinajstić information content (AvgIpc) is 4.46. The number of urea groups is 2. The predicted octanol–water partition coefficient (Wildman–Crippen LogP) is 10.3. The Balaban J connectivity index is 0.000000150. The zero-order valence-electron chi connectivity index (χ0n) is 48.8. The fourth-order valence-electron chi connectivity index (χ4n) is 11.0. The number of hydrogen-bond acceptors (Lipinski definition) is 12. The van der Waals surface area contributed by atoms with Gasteiger partial charge >= 0.3 is 25.3 Å². The molecule has 1 N–H and O–H groups in total. The number of likely N-dealkylation sites (tertiary alicyclic amines) is 2. The first-order chi connectivity index (χ1) is 38.5. The Morgan fingerprint density at radius 1 is 0.679 bits per heavy atom. The number of carbonyl (C=O) groups is 3. The number of anilines is 2. The summed E-state index contributed by atoms with van der Waals surface area (Å²) in [6, 6.07) is 32.4. The second-order valence-electron chi connectivity index (χ2n) is 24.0. The van der Waals surface area contributed by atoms with E-state index in [0.717, 1.165) is 113 Å². The number of aromatic nitrogens is 4. The summed E-state index contributed by atoms with van der Waals surface area (Å²) in [6.45, 7) is 20.0. The number of methoxy groups -OCH3 is 2. The van der Waals surface area contributed by atoms with Crippen molar-refractivity contribution in [2.75, 3.05) is 77.4 Å². The van der Waals surface area contributed by atoms with Crippen LogP contribution in [-0.2, 0) is 27.1 Å². The second kappa shape index (κ2) is 24.0. The van der Waals surface area contributed by atoms with Crippen molar-refractivity contribution >= 4 is 58.0 Å². The Morgan fingerprint density at radius 2 is 1.15 bits per heavy atom. The van der Waals surface area contributed by atoms with Gasteiger partial charge in [0, 0.05) is 84.7 Å². The summed E-state index contributed by atoms with van der Waals surface area (Å²) in [5.41, 5.74) is 5.21. The number of amides is 4. The molecule has 2 spiro atoms. The van der Waals surface area contributed by atoms with Crippen LogP contribution in [0.15, 0.2) is 126 Å². The fraction of sp³-hybridized carbons (Fsp3) is 0.459. The highest BCUT2D eigenvalue weighted by atomic mass is 79.9. The Bertz CT molecular complexity index is 3100. The van der Waals surface area contributed by atoms with Gasteiger partial charge in [-0.15, -0.1) is 0 Å². The van der Waals surface area contributed by atoms with Gasteiger partial charge in [-0.3, -0.25) is 14.9 Å². The van der Waals surface area contributed by atoms with Crippen LogP contribution in [0, 0.1) is 0 Å². The van der Waals surface area contributed by atoms with E-state index in [1.807, 2.05) is 137 Å². The van der Waals surface area contributed by atoms with E-state index in [9.17, 15) is 14.4 Å². The molecule has 5 aliphatic rings. The van der Waals surface area contributed by atoms with E-state index in [4.69, 9.17) is 23.5 Å². The molecule has 81 heavy (non-hydrogen) atoms. The van der Waals surface area contributed by atoms with Gasteiger partial charge in [-0.1, -0.05) is 52.3 Å². The molecule has 18 nitrogen and oxygen atoms in total. The van der Waals surface area contributed by atoms with Crippen LogP contribution in [-0.4, -0.2) is 160 Å². The van der Waals surface area contributed by atoms with Gasteiger partial charge in [-0.05, 0) is 166 Å². The van der Waals surface area contributed by atoms with Crippen molar-refractivity contribution in [2.45, 2.75) is 115 Å². The molecule has 0 aliphatic carbocycles. The Hall–Kier alpha value is -6.71. The molecule has 2 aromatic heterocycles. The van der Waals surface area contributed by atoms with Crippen LogP contribution in [0.5, 0.6) is 11.5 Å². The summed E-state index contributed by atoms with van der Waals surface area (Å²) in [4.78, 5) is 51.9. The zero-order valence-corrected chi connectivity index (χ0v) is 50.4. The summed E-state index contributed by atoms with van der Waals surface area (Å²) >= 11 is 3.48. The number of H-pyrrole nitrogens is 1. The molecular weight excluding hydrogens is 1090 g/mol. The van der Waals surface area contributed by atoms with Crippen LogP contribution in [0.2, 0.25) is 0 Å². The number of ether oxygens (including phenoxy) is 3. The highest BCUT2D eigenvalue weighted by molar-refractivity contribution is 9.10. The number of aromatic amines is 1. The Labute approximate surface area is 485 Å². The highest BCUT2D eigenvalue weighted by Gasteiger charge is 2.54. The van der Waals surface area contributed by atoms with Gasteiger partial charge in [-0.2, -0.15) is 14.9 Å². The van der Waals surface area contributed by atoms with Crippen LogP contribution in [0.4, 0.5) is 25.8 Å². The summed E-state index contributed by atoms with van der Waals surface area (Å²) < 4.78 is 30.0. The minimum absolute atomic E-state index is 0.0773. The highest BCUT2D eigenvalue weighted by Crippen LogP contribution is 2.42. The summed E-state index contributed by atoms with van der Waals surface area (Å²) in [6.07, 6.45) is 10.2. The minimum Gasteiger partial charge on any atom is -0.497 e. The van der Waals surface area contributed by atoms with Crippen molar-refractivity contribution in [3.05, 3.63) is 137 Å². The molecular formula is C61H78BBrN10O8. The van der Waals surface area contributed by atoms with Crippen LogP contribution in [0.25, 0.3) is 11.1 Å². The molecule has 0 radical (unpaired) electrons. The quantitative estimate of drug-likeness (QED) is 0.129. The normalized spacial score (nSPS) is 19.4. The number of hydrogen-bond donors (Lipinski definition) is 1. The Morgan fingerprint density at radius 3 is 1.58 bits per heavy atom. The lowest BCUT2D eigenvalue weighted by atomic mass is 9.82. The summed E-state index contributed by atoms with van der Waals surface area (Å²) in [7, 11) is 7.12. The van der Waals surface area contributed by atoms with Crippen molar-refractivity contribution in [1.29, 1.82) is 0 Å². The van der Waals surface area contributed by atoms with Crippen LogP contribution < -0.4 is 24.7 Å². The number of carbonyl (C=O) groups excluding carboxylic acids is 3. The lowest BCUT2D eigenvalue weighted by molar-refractivity contribution is 0.00578. The number of rotatable bonds is 10. The first kappa shape index (κ1) is 58.9. The lowest BCUT2D eigenvalue weighted by Crippen LogP contribution is -2.53. The van der Waals surface area contributed by atoms with E-state index >= 15 is 0 Å². The fourth-order valence-corrected chi connectivity index (χ4v) is 11.3. The number of piperidine rings is 2. The first-order valence-electron chi connectivity index (χ1n) is 27.8. The van der Waals surface area contributed by atoms with Crippen molar-refractivity contribution in [1.82, 2.24) is 39.6 Å². The van der Waals surface area contributed by atoms with E-state index < -0.39 is 30.0 Å². The van der Waals surface area contributed by atoms with E-state index in [2.05, 4.69) is 89.2 Å². The van der Waals surface area contributed by atoms with Gasteiger partial charge in [0.05, 0.1) is 55.8 Å². The topological polar surface area (TPSA) is 163 Å². The molecule has 0 bridgehead atoms. The molecule has 11 rings (SSSR count). The molecule has 4 amide bonds. The molecule has 430 valence electrons. The molecule has 0 atom stereocenters. The van der Waals surface area contributed by atoms with Gasteiger partial charge in [0.2, 0.25) is 0 Å². The van der Waals surface area contributed by atoms with Gasteiger partial charge in [0.25, 0.3) is 0 Å². The molecule has 7 heterocycles. The summed E-state index contributed by atoms with van der Waals surface area (Å²) in [5, 5.41) is 10.9. The number of nitrogens with one attached hydrogen (secondary N) is 1. The van der Waals surface area contributed by atoms with E-state index in [0.29, 0.717) is 25.1 Å². The number of halogens is 1. The van der Waals surface area contributed by atoms with Crippen molar-refractivity contribution in [3.8, 4) is 22.6 Å². The summed E-state index contributed by atoms with van der Waals surface area (Å²) in [5.74, 6) is 1.64. The smallest absolute Gasteiger partial charge is 0.497 e. The molecule has 6 aromatic rings. The standard InChI is InChI=1S/C25H29N5O2.C22H26BrN3O2.C14H23BN2O4/c1-28-12-10-25(11-13-28)18-29(22-8-6-20(7-9-22)21-15-26-27-16-21)24(31)30(25)17-19-4-3-5-23(14-19)32-2;1-24-12-10-22(11-13-24)16-25(19-8-6-18(23)7-9-19)21(27)26(22)15-17-4-3-5-20(14-17)28-2;1-12(2,3)19-11(18)17-9-10(8-16-17)15-20-13(4,5)14(6,7)21-15/h3-9,14-16H,10-13,17-18H2,1-2H3,(H,26,27);3-9,14H,10-13,15-16H2,1-2H3;8-9H,1-7H3. The molecule has 5 fully saturated rings. The lowest BCUT2D eigenvalue weighted by Gasteiger charge is -2.42. The van der Waals surface area contributed by atoms with Gasteiger partial charge in [0.15, 0.2) is 0 Å². The van der Waals surface area contributed by atoms with Crippen LogP contribution in [0.1, 0.15) is 85.3 Å². The maximum Gasteiger partial charge on any atom is 0.498 e. The maximum atomic E-state index is 13.7. The van der Waals surface area contributed by atoms with Crippen LogP contribution in [0.3, 0.4) is 0 Å². The van der Waals surface area contributed by atoms with Crippen molar-refractivity contribution in [2.24, 2.45) is 0 Å². The SMILES string of the molecule is CC(C)(C)OC(=O)n1cc(B2OC(C)(C)C(C)(C)O2)cn1.COc1cccc(CN2C(=O)N(c3ccc(-c4cn[nH]c4)cc3)CC23CCN(C)CC3)c1.COc1cccc(CN2C(=O)N(c3ccc(Br)cc3)CC23CCN(C)CC3)c1. The molecule has 20 heteroatoms. The van der Waals surface area contributed by atoms with Gasteiger partial charge in [-0.25, -0.2) is 14.4 Å². The number of nitrogens with zero attached hydrogens (tertiary/aromatic N) is 9. The van der Waals surface area contributed by atoms with Gasteiger partial charge < -0.3 is 43.1 Å². The Kier molecular flexibility index (Phi) is 17.5. The van der Waals surface area contributed by atoms with E-state index in [1.165, 1.54) is 0 Å². The number of benzene rings is 4. The van der Waals surface area contributed by atoms with Crippen molar-refractivity contribution in [3.63, 3.8) is 0 Å². The third-order valence-corrected chi connectivity index (χ3v) is 17.1.